The van der Waals surface area contributed by atoms with Gasteiger partial charge in [0.15, 0.2) is 0 Å². The highest BCUT2D eigenvalue weighted by Crippen LogP contribution is 2.45. The van der Waals surface area contributed by atoms with E-state index >= 15 is 4.39 Å². The van der Waals surface area contributed by atoms with Crippen LogP contribution in [0.1, 0.15) is 58.2 Å². The number of halogens is 1. The second-order valence-electron chi connectivity index (χ2n) is 9.39. The number of hydrogen-bond acceptors (Lipinski definition) is 4. The standard InChI is InChI=1S/C29H29FO4/c1-16-11-17(2)28(18(3)12-16)22-7-9-24(30)29-23(22)8-10-25(29)34-20-5-6-21-19(13-27(31)32-4)15-33-26(21)14-20/h5-7,9,11-12,14,19,25H,8,10,13,15H2,1-4H3/t19-,25-/m1/s1. The molecule has 3 aromatic rings. The highest BCUT2D eigenvalue weighted by Gasteiger charge is 2.32. The topological polar surface area (TPSA) is 44.8 Å². The van der Waals surface area contributed by atoms with Crippen molar-refractivity contribution in [2.75, 3.05) is 13.7 Å². The van der Waals surface area contributed by atoms with Crippen LogP contribution < -0.4 is 9.47 Å². The number of hydrogen-bond donors (Lipinski definition) is 0. The molecular weight excluding hydrogens is 431 g/mol. The zero-order chi connectivity index (χ0) is 24.0. The summed E-state index contributed by atoms with van der Waals surface area (Å²) in [6.45, 7) is 6.77. The maximum Gasteiger partial charge on any atom is 0.306 e. The molecule has 0 saturated heterocycles. The molecule has 34 heavy (non-hydrogen) atoms. The van der Waals surface area contributed by atoms with Gasteiger partial charge in [0, 0.05) is 23.1 Å². The van der Waals surface area contributed by atoms with Crippen LogP contribution in [0, 0.1) is 26.6 Å². The van der Waals surface area contributed by atoms with Gasteiger partial charge in [0.25, 0.3) is 0 Å². The maximum atomic E-state index is 15.1. The third-order valence-electron chi connectivity index (χ3n) is 7.01. The van der Waals surface area contributed by atoms with Crippen molar-refractivity contribution in [1.29, 1.82) is 0 Å². The molecule has 5 heteroatoms. The minimum atomic E-state index is -0.355. The summed E-state index contributed by atoms with van der Waals surface area (Å²) in [5.41, 5.74) is 8.58. The van der Waals surface area contributed by atoms with Gasteiger partial charge in [0.2, 0.25) is 0 Å². The summed E-state index contributed by atoms with van der Waals surface area (Å²) in [6.07, 6.45) is 1.41. The number of esters is 1. The lowest BCUT2D eigenvalue weighted by Crippen LogP contribution is -2.09. The third kappa shape index (κ3) is 3.93. The van der Waals surface area contributed by atoms with Crippen molar-refractivity contribution in [3.63, 3.8) is 0 Å². The number of methoxy groups -OCH3 is 1. The number of benzene rings is 3. The molecule has 1 aliphatic carbocycles. The number of carbonyl (C=O) groups excluding carboxylic acids is 1. The van der Waals surface area contributed by atoms with E-state index in [9.17, 15) is 4.79 Å². The van der Waals surface area contributed by atoms with Crippen LogP contribution in [0.4, 0.5) is 4.39 Å². The Hall–Kier alpha value is -3.34. The molecule has 2 atom stereocenters. The van der Waals surface area contributed by atoms with Gasteiger partial charge in [-0.05, 0) is 73.6 Å². The predicted octanol–water partition coefficient (Wildman–Crippen LogP) is 6.52. The molecule has 2 aliphatic rings. The lowest BCUT2D eigenvalue weighted by Gasteiger charge is -2.19. The van der Waals surface area contributed by atoms with Crippen LogP contribution >= 0.6 is 0 Å². The maximum absolute atomic E-state index is 15.1. The number of ether oxygens (including phenoxy) is 3. The van der Waals surface area contributed by atoms with Crippen molar-refractivity contribution in [2.45, 2.75) is 52.1 Å². The van der Waals surface area contributed by atoms with Gasteiger partial charge < -0.3 is 14.2 Å². The smallest absolute Gasteiger partial charge is 0.306 e. The van der Waals surface area contributed by atoms with Crippen LogP contribution in [0.2, 0.25) is 0 Å². The molecule has 176 valence electrons. The summed E-state index contributed by atoms with van der Waals surface area (Å²) in [5.74, 6) is 0.853. The summed E-state index contributed by atoms with van der Waals surface area (Å²) < 4.78 is 32.0. The van der Waals surface area contributed by atoms with Crippen LogP contribution in [0.15, 0.2) is 42.5 Å². The van der Waals surface area contributed by atoms with Gasteiger partial charge in [0.05, 0.1) is 20.1 Å². The fraction of sp³-hybridized carbons (Fsp3) is 0.345. The molecule has 0 unspecified atom stereocenters. The molecule has 4 nitrogen and oxygen atoms in total. The molecule has 0 fully saturated rings. The molecule has 0 saturated carbocycles. The predicted molar refractivity (Wildman–Crippen MR) is 129 cm³/mol. The molecule has 0 amide bonds. The number of fused-ring (bicyclic) bond motifs is 2. The quantitative estimate of drug-likeness (QED) is 0.407. The highest BCUT2D eigenvalue weighted by molar-refractivity contribution is 5.76. The first-order chi connectivity index (χ1) is 16.4. The zero-order valence-corrected chi connectivity index (χ0v) is 20.0. The van der Waals surface area contributed by atoms with Gasteiger partial charge in [-0.25, -0.2) is 4.39 Å². The van der Waals surface area contributed by atoms with Crippen LogP contribution in [0.5, 0.6) is 11.5 Å². The number of carbonyl (C=O) groups is 1. The summed E-state index contributed by atoms with van der Waals surface area (Å²) >= 11 is 0. The Kier molecular flexibility index (Phi) is 5.80. The Morgan fingerprint density at radius 3 is 2.59 bits per heavy atom. The van der Waals surface area contributed by atoms with Crippen molar-refractivity contribution < 1.29 is 23.4 Å². The molecule has 3 aromatic carbocycles. The second-order valence-corrected chi connectivity index (χ2v) is 9.39. The van der Waals surface area contributed by atoms with Gasteiger partial charge in [-0.2, -0.15) is 0 Å². The Morgan fingerprint density at radius 1 is 1.09 bits per heavy atom. The summed E-state index contributed by atoms with van der Waals surface area (Å²) in [6, 6.07) is 13.5. The summed E-state index contributed by atoms with van der Waals surface area (Å²) in [5, 5.41) is 0. The van der Waals surface area contributed by atoms with Crippen LogP contribution in [0.3, 0.4) is 0 Å². The largest absolute Gasteiger partial charge is 0.492 e. The van der Waals surface area contributed by atoms with Gasteiger partial charge in [0.1, 0.15) is 23.4 Å². The van der Waals surface area contributed by atoms with Crippen molar-refractivity contribution in [2.24, 2.45) is 0 Å². The van der Waals surface area contributed by atoms with E-state index in [1.807, 2.05) is 24.3 Å². The molecule has 0 aromatic heterocycles. The molecule has 0 bridgehead atoms. The summed E-state index contributed by atoms with van der Waals surface area (Å²) in [7, 11) is 1.39. The fourth-order valence-corrected chi connectivity index (χ4v) is 5.58. The molecule has 5 rings (SSSR count). The normalized spacial score (nSPS) is 18.3. The number of rotatable bonds is 5. The molecule has 0 N–H and O–H groups in total. The minimum Gasteiger partial charge on any atom is -0.492 e. The van der Waals surface area contributed by atoms with Gasteiger partial charge in [-0.3, -0.25) is 4.79 Å². The zero-order valence-electron chi connectivity index (χ0n) is 20.0. The summed E-state index contributed by atoms with van der Waals surface area (Å²) in [4.78, 5) is 11.7. The highest BCUT2D eigenvalue weighted by atomic mass is 19.1. The molecule has 0 radical (unpaired) electrons. The monoisotopic (exact) mass is 460 g/mol. The van der Waals surface area contributed by atoms with Crippen molar-refractivity contribution in [3.8, 4) is 22.6 Å². The van der Waals surface area contributed by atoms with Gasteiger partial charge in [-0.1, -0.05) is 29.8 Å². The minimum absolute atomic E-state index is 0.0234. The van der Waals surface area contributed by atoms with E-state index in [-0.39, 0.29) is 30.2 Å². The first-order valence-electron chi connectivity index (χ1n) is 11.8. The molecule has 1 heterocycles. The van der Waals surface area contributed by atoms with E-state index in [0.717, 1.165) is 29.5 Å². The van der Waals surface area contributed by atoms with E-state index in [1.54, 1.807) is 6.07 Å². The van der Waals surface area contributed by atoms with Crippen LogP contribution in [0.25, 0.3) is 11.1 Å². The average molecular weight is 461 g/mol. The van der Waals surface area contributed by atoms with Crippen molar-refractivity contribution in [1.82, 2.24) is 0 Å². The molecule has 0 spiro atoms. The van der Waals surface area contributed by atoms with E-state index in [1.165, 1.54) is 29.4 Å². The lowest BCUT2D eigenvalue weighted by molar-refractivity contribution is -0.141. The Balaban J connectivity index is 1.43. The van der Waals surface area contributed by atoms with E-state index < -0.39 is 0 Å². The Bertz CT molecular complexity index is 1260. The molecule has 1 aliphatic heterocycles. The number of aryl methyl sites for hydroxylation is 3. The molecular formula is C29H29FO4. The van der Waals surface area contributed by atoms with Crippen LogP contribution in [-0.4, -0.2) is 19.7 Å². The average Bonchev–Trinajstić information content (AvgIpc) is 3.39. The van der Waals surface area contributed by atoms with Gasteiger partial charge in [-0.15, -0.1) is 0 Å². The Morgan fingerprint density at radius 2 is 1.85 bits per heavy atom. The SMILES string of the molecule is COC(=O)C[C@@H]1COc2cc(O[C@@H]3CCc4c(-c5c(C)cc(C)cc5C)ccc(F)c43)ccc21. The van der Waals surface area contributed by atoms with E-state index in [0.29, 0.717) is 23.7 Å². The Labute approximate surface area is 199 Å². The van der Waals surface area contributed by atoms with Crippen molar-refractivity contribution >= 4 is 5.97 Å². The van der Waals surface area contributed by atoms with E-state index in [4.69, 9.17) is 14.2 Å². The fourth-order valence-electron chi connectivity index (χ4n) is 5.58. The second kappa shape index (κ2) is 8.79. The lowest BCUT2D eigenvalue weighted by atomic mass is 9.89. The first-order valence-corrected chi connectivity index (χ1v) is 11.8. The third-order valence-corrected chi connectivity index (χ3v) is 7.01. The first kappa shape index (κ1) is 22.5. The van der Waals surface area contributed by atoms with Crippen LogP contribution in [-0.2, 0) is 16.0 Å². The van der Waals surface area contributed by atoms with E-state index in [2.05, 4.69) is 32.9 Å². The van der Waals surface area contributed by atoms with Crippen molar-refractivity contribution in [3.05, 3.63) is 81.7 Å². The van der Waals surface area contributed by atoms with Gasteiger partial charge >= 0.3 is 5.97 Å².